The summed E-state index contributed by atoms with van der Waals surface area (Å²) in [4.78, 5) is 26.8. The Balaban J connectivity index is 0.000000376. The Kier molecular flexibility index (Phi) is 7.00. The molecule has 1 atom stereocenters. The molecule has 0 bridgehead atoms. The second-order valence-corrected chi connectivity index (χ2v) is 8.93. The molecule has 1 saturated heterocycles. The van der Waals surface area contributed by atoms with Crippen LogP contribution in [-0.2, 0) is 11.8 Å². The number of likely N-dealkylation sites (tertiary alicyclic amines) is 1. The van der Waals surface area contributed by atoms with Crippen molar-refractivity contribution in [2.75, 3.05) is 20.1 Å². The van der Waals surface area contributed by atoms with Gasteiger partial charge in [0.2, 0.25) is 0 Å². The molecule has 1 fully saturated rings. The van der Waals surface area contributed by atoms with Gasteiger partial charge in [0, 0.05) is 41.4 Å². The van der Waals surface area contributed by atoms with E-state index in [2.05, 4.69) is 43.5 Å². The van der Waals surface area contributed by atoms with Crippen LogP contribution < -0.4 is 0 Å². The summed E-state index contributed by atoms with van der Waals surface area (Å²) in [6, 6.07) is 3.90. The van der Waals surface area contributed by atoms with E-state index < -0.39 is 0 Å². The molecular weight excluding hydrogens is 410 g/mol. The monoisotopic (exact) mass is 441 g/mol. The first kappa shape index (κ1) is 22.9. The van der Waals surface area contributed by atoms with Crippen molar-refractivity contribution in [2.24, 2.45) is 13.0 Å². The minimum atomic E-state index is 0.113. The van der Waals surface area contributed by atoms with Crippen molar-refractivity contribution < 1.29 is 4.79 Å². The van der Waals surface area contributed by atoms with Crippen molar-refractivity contribution >= 4 is 22.9 Å². The predicted molar refractivity (Wildman–Crippen MR) is 133 cm³/mol. The lowest BCUT2D eigenvalue weighted by Crippen LogP contribution is -2.10. The molecule has 6 nitrogen and oxygen atoms in total. The number of hydrogen-bond acceptors (Lipinski definition) is 5. The third-order valence-corrected chi connectivity index (χ3v) is 6.63. The van der Waals surface area contributed by atoms with E-state index in [1.807, 2.05) is 32.3 Å². The largest absolute Gasteiger partial charge is 0.328 e. The number of aromatic nitrogens is 4. The zero-order valence-corrected chi connectivity index (χ0v) is 19.7. The number of hydrogen-bond donors (Lipinski definition) is 0. The van der Waals surface area contributed by atoms with Gasteiger partial charge in [-0.15, -0.1) is 6.42 Å². The fourth-order valence-corrected chi connectivity index (χ4v) is 4.78. The number of allylic oxidation sites excluding steroid dienone is 2. The Morgan fingerprint density at radius 3 is 2.58 bits per heavy atom. The second kappa shape index (κ2) is 10.1. The van der Waals surface area contributed by atoms with Crippen LogP contribution in [0, 0.1) is 25.2 Å². The molecule has 170 valence electrons. The zero-order valence-electron chi connectivity index (χ0n) is 19.7. The zero-order chi connectivity index (χ0) is 23.4. The molecule has 3 aromatic rings. The van der Waals surface area contributed by atoms with Gasteiger partial charge in [-0.2, -0.15) is 0 Å². The second-order valence-electron chi connectivity index (χ2n) is 8.93. The molecule has 1 aliphatic carbocycles. The van der Waals surface area contributed by atoms with Crippen LogP contribution in [0.1, 0.15) is 49.1 Å². The van der Waals surface area contributed by atoms with E-state index in [4.69, 9.17) is 6.42 Å². The molecule has 33 heavy (non-hydrogen) atoms. The summed E-state index contributed by atoms with van der Waals surface area (Å²) >= 11 is 0. The lowest BCUT2D eigenvalue weighted by atomic mass is 9.85. The van der Waals surface area contributed by atoms with Gasteiger partial charge in [-0.05, 0) is 76.9 Å². The molecule has 1 aliphatic heterocycles. The maximum atomic E-state index is 11.1. The maximum Gasteiger partial charge on any atom is 0.144 e. The van der Waals surface area contributed by atoms with Gasteiger partial charge >= 0.3 is 0 Å². The fourth-order valence-electron chi connectivity index (χ4n) is 4.78. The van der Waals surface area contributed by atoms with Crippen molar-refractivity contribution in [2.45, 2.75) is 39.0 Å². The molecule has 2 aliphatic rings. The van der Waals surface area contributed by atoms with E-state index in [0.29, 0.717) is 5.69 Å². The van der Waals surface area contributed by atoms with Gasteiger partial charge in [-0.25, -0.2) is 15.0 Å². The van der Waals surface area contributed by atoms with Crippen LogP contribution in [-0.4, -0.2) is 50.8 Å². The Labute approximate surface area is 195 Å². The Bertz CT molecular complexity index is 1230. The number of carbonyl (C=O) groups excluding carboxylic acids is 1. The van der Waals surface area contributed by atoms with E-state index in [0.717, 1.165) is 59.1 Å². The fraction of sp³-hybridized carbons (Fsp3) is 0.407. The molecule has 0 amide bonds. The number of terminal acetylenes is 1. The highest BCUT2D eigenvalue weighted by Crippen LogP contribution is 2.41. The van der Waals surface area contributed by atoms with Crippen molar-refractivity contribution in [1.29, 1.82) is 0 Å². The van der Waals surface area contributed by atoms with Crippen LogP contribution in [0.4, 0.5) is 0 Å². The number of pyridine rings is 1. The lowest BCUT2D eigenvalue weighted by Gasteiger charge is -2.19. The topological polar surface area (TPSA) is 63.9 Å². The molecular formula is C27H31N5O. The van der Waals surface area contributed by atoms with Crippen LogP contribution >= 0.6 is 0 Å². The first-order valence-electron chi connectivity index (χ1n) is 11.6. The number of rotatable bonds is 3. The third kappa shape index (κ3) is 4.74. The third-order valence-electron chi connectivity index (χ3n) is 6.63. The van der Waals surface area contributed by atoms with Crippen molar-refractivity contribution in [3.63, 3.8) is 0 Å². The van der Waals surface area contributed by atoms with Gasteiger partial charge in [0.15, 0.2) is 0 Å². The quantitative estimate of drug-likeness (QED) is 0.445. The number of carbonyl (C=O) groups is 1. The average molecular weight is 442 g/mol. The molecule has 0 N–H and O–H groups in total. The van der Waals surface area contributed by atoms with E-state index in [9.17, 15) is 4.79 Å². The predicted octanol–water partition coefficient (Wildman–Crippen LogP) is 4.41. The van der Waals surface area contributed by atoms with Gasteiger partial charge in [-0.1, -0.05) is 12.0 Å². The van der Waals surface area contributed by atoms with Gasteiger partial charge in [0.25, 0.3) is 0 Å². The Hall–Kier alpha value is -3.30. The van der Waals surface area contributed by atoms with E-state index in [1.165, 1.54) is 31.5 Å². The first-order chi connectivity index (χ1) is 16.0. The van der Waals surface area contributed by atoms with Gasteiger partial charge in [-0.3, -0.25) is 0 Å². The molecule has 3 aromatic heterocycles. The summed E-state index contributed by atoms with van der Waals surface area (Å²) in [5.41, 5.74) is 6.86. The molecule has 4 heterocycles. The van der Waals surface area contributed by atoms with Crippen molar-refractivity contribution in [1.82, 2.24) is 24.4 Å². The van der Waals surface area contributed by atoms with Crippen LogP contribution in [0.15, 0.2) is 30.7 Å². The minimum absolute atomic E-state index is 0.113. The number of fused-ring (bicyclic) bond motifs is 1. The van der Waals surface area contributed by atoms with E-state index in [-0.39, 0.29) is 5.92 Å². The molecule has 0 radical (unpaired) electrons. The first-order valence-corrected chi connectivity index (χ1v) is 11.6. The van der Waals surface area contributed by atoms with Gasteiger partial charge in [0.05, 0.1) is 5.69 Å². The van der Waals surface area contributed by atoms with Gasteiger partial charge in [0.1, 0.15) is 24.0 Å². The molecule has 0 aromatic carbocycles. The summed E-state index contributed by atoms with van der Waals surface area (Å²) in [5, 5.41) is 1.02. The van der Waals surface area contributed by atoms with Crippen molar-refractivity contribution in [3.05, 3.63) is 47.7 Å². The van der Waals surface area contributed by atoms with E-state index >= 15 is 0 Å². The highest BCUT2D eigenvalue weighted by atomic mass is 16.1. The summed E-state index contributed by atoms with van der Waals surface area (Å²) in [5.74, 6) is 2.70. The minimum Gasteiger partial charge on any atom is -0.328 e. The highest BCUT2D eigenvalue weighted by molar-refractivity contribution is 5.99. The Morgan fingerprint density at radius 2 is 2.00 bits per heavy atom. The van der Waals surface area contributed by atoms with Crippen LogP contribution in [0.5, 0.6) is 0 Å². The van der Waals surface area contributed by atoms with Crippen LogP contribution in [0.2, 0.25) is 0 Å². The van der Waals surface area contributed by atoms with Crippen molar-refractivity contribution in [3.8, 4) is 23.6 Å². The molecule has 0 spiro atoms. The summed E-state index contributed by atoms with van der Waals surface area (Å²) in [6.07, 6.45) is 17.5. The SMILES string of the molecule is C#Cc1ccc(-c2c(C3=CC[C@@H](C=O)CC3)c3cncnc3n2C)c(C)n1.CN1CCCC1. The lowest BCUT2D eigenvalue weighted by molar-refractivity contribution is -0.111. The van der Waals surface area contributed by atoms with Gasteiger partial charge < -0.3 is 14.3 Å². The Morgan fingerprint density at radius 1 is 1.21 bits per heavy atom. The molecule has 0 saturated carbocycles. The highest BCUT2D eigenvalue weighted by Gasteiger charge is 2.24. The molecule has 5 rings (SSSR count). The standard InChI is InChI=1S/C22H20N4O.C5H11N/c1-4-17-9-10-18(14(2)25-17)21-20(16-7-5-15(12-27)6-8-16)19-11-23-13-24-22(19)26(21)3;1-6-4-2-3-5-6/h1,7,9-13,15H,5-6,8H2,2-3H3;2-5H2,1H3/t15-;/m1./s1. The van der Waals surface area contributed by atoms with E-state index in [1.54, 1.807) is 6.33 Å². The number of nitrogens with zero attached hydrogens (tertiary/aromatic N) is 5. The maximum absolute atomic E-state index is 11.1. The molecule has 6 heteroatoms. The number of aryl methyl sites for hydroxylation is 2. The van der Waals surface area contributed by atoms with Crippen LogP contribution in [0.25, 0.3) is 27.9 Å². The molecule has 0 unspecified atom stereocenters. The van der Waals surface area contributed by atoms with Crippen LogP contribution in [0.3, 0.4) is 0 Å². The normalized spacial score (nSPS) is 18.4. The average Bonchev–Trinajstić information content (AvgIpc) is 3.44. The summed E-state index contributed by atoms with van der Waals surface area (Å²) in [6.45, 7) is 4.61. The summed E-state index contributed by atoms with van der Waals surface area (Å²) in [7, 11) is 4.19. The summed E-state index contributed by atoms with van der Waals surface area (Å²) < 4.78 is 2.10. The smallest absolute Gasteiger partial charge is 0.144 e. The number of aldehydes is 1.